The van der Waals surface area contributed by atoms with Crippen molar-refractivity contribution in [1.29, 1.82) is 0 Å². The number of carbonyl (C=O) groups excluding carboxylic acids is 2. The Morgan fingerprint density at radius 1 is 1.00 bits per heavy atom. The van der Waals surface area contributed by atoms with Crippen molar-refractivity contribution in [1.82, 2.24) is 15.3 Å². The smallest absolute Gasteiger partial charge is 0.292 e. The lowest BCUT2D eigenvalue weighted by molar-refractivity contribution is -0.116. The first-order chi connectivity index (χ1) is 14.0. The van der Waals surface area contributed by atoms with Crippen molar-refractivity contribution in [2.24, 2.45) is 0 Å². The van der Waals surface area contributed by atoms with Gasteiger partial charge in [0.15, 0.2) is 0 Å². The number of rotatable bonds is 5. The molecule has 4 aromatic rings. The summed E-state index contributed by atoms with van der Waals surface area (Å²) >= 11 is 0. The van der Waals surface area contributed by atoms with Crippen LogP contribution in [0.25, 0.3) is 21.8 Å². The highest BCUT2D eigenvalue weighted by atomic mass is 16.2. The van der Waals surface area contributed by atoms with Crippen molar-refractivity contribution in [3.05, 3.63) is 81.3 Å². The molecule has 0 aliphatic rings. The van der Waals surface area contributed by atoms with Gasteiger partial charge in [-0.1, -0.05) is 30.3 Å². The summed E-state index contributed by atoms with van der Waals surface area (Å²) in [7, 11) is 0. The average molecular weight is 387 g/mol. The number of hydrogen-bond donors (Lipinski definition) is 3. The van der Waals surface area contributed by atoms with Crippen LogP contribution < -0.4 is 10.9 Å². The number of amides is 1. The normalized spacial score (nSPS) is 11.1. The molecule has 0 spiro atoms. The Bertz CT molecular complexity index is 1310. The molecule has 29 heavy (non-hydrogen) atoms. The van der Waals surface area contributed by atoms with E-state index in [1.54, 1.807) is 12.3 Å². The summed E-state index contributed by atoms with van der Waals surface area (Å²) in [6.45, 7) is 4.14. The lowest BCUT2D eigenvalue weighted by Crippen LogP contribution is -2.33. The van der Waals surface area contributed by atoms with Crippen LogP contribution in [-0.4, -0.2) is 28.2 Å². The molecule has 6 heteroatoms. The lowest BCUT2D eigenvalue weighted by atomic mass is 10.0. The highest BCUT2D eigenvalue weighted by Gasteiger charge is 2.19. The number of para-hydroxylation sites is 1. The summed E-state index contributed by atoms with van der Waals surface area (Å²) in [6.07, 6.45) is 1.89. The van der Waals surface area contributed by atoms with Crippen molar-refractivity contribution in [3.63, 3.8) is 0 Å². The second-order valence-corrected chi connectivity index (χ2v) is 7.19. The molecule has 0 atom stereocenters. The van der Waals surface area contributed by atoms with Crippen LogP contribution in [0, 0.1) is 13.8 Å². The summed E-state index contributed by atoms with van der Waals surface area (Å²) in [4.78, 5) is 43.1. The van der Waals surface area contributed by atoms with Gasteiger partial charge in [-0.3, -0.25) is 14.4 Å². The number of Topliss-reactive ketones (excluding diaryl/α,β-unsaturated/α-hetero) is 1. The standard InChI is InChI=1S/C23H21N3O3/c1-13-7-8-14(2)20-17(13)11-15(22(28)26-20)9-10-24-23(29)21(27)18-12-25-19-6-4-3-5-16(18)19/h3-8,11-12,25H,9-10H2,1-2H3,(H,24,29)(H,26,28). The Labute approximate surface area is 167 Å². The number of ketones is 1. The molecular formula is C23H21N3O3. The molecular weight excluding hydrogens is 366 g/mol. The maximum absolute atomic E-state index is 12.5. The zero-order valence-electron chi connectivity index (χ0n) is 16.3. The molecule has 4 rings (SSSR count). The number of nitrogens with one attached hydrogen (secondary N) is 3. The maximum Gasteiger partial charge on any atom is 0.292 e. The molecule has 0 aliphatic carbocycles. The number of aryl methyl sites for hydroxylation is 2. The number of hydrogen-bond acceptors (Lipinski definition) is 3. The van der Waals surface area contributed by atoms with E-state index in [9.17, 15) is 14.4 Å². The van der Waals surface area contributed by atoms with E-state index >= 15 is 0 Å². The second kappa shape index (κ2) is 7.39. The minimum Gasteiger partial charge on any atom is -0.360 e. The van der Waals surface area contributed by atoms with E-state index in [1.807, 2.05) is 50.2 Å². The minimum absolute atomic E-state index is 0.177. The van der Waals surface area contributed by atoms with Gasteiger partial charge in [-0.05, 0) is 43.5 Å². The van der Waals surface area contributed by atoms with Gasteiger partial charge in [-0.2, -0.15) is 0 Å². The molecule has 6 nitrogen and oxygen atoms in total. The molecule has 2 heterocycles. The Morgan fingerprint density at radius 2 is 1.76 bits per heavy atom. The van der Waals surface area contributed by atoms with E-state index in [4.69, 9.17) is 0 Å². The predicted octanol–water partition coefficient (Wildman–Crippen LogP) is 3.17. The Balaban J connectivity index is 1.48. The van der Waals surface area contributed by atoms with Crippen LogP contribution in [0.1, 0.15) is 27.0 Å². The van der Waals surface area contributed by atoms with Crippen molar-refractivity contribution in [3.8, 4) is 0 Å². The van der Waals surface area contributed by atoms with Gasteiger partial charge in [0, 0.05) is 34.6 Å². The molecule has 2 aromatic heterocycles. The van der Waals surface area contributed by atoms with E-state index in [1.165, 1.54) is 0 Å². The number of fused-ring (bicyclic) bond motifs is 2. The van der Waals surface area contributed by atoms with Gasteiger partial charge in [0.1, 0.15) is 0 Å². The van der Waals surface area contributed by atoms with E-state index in [-0.39, 0.29) is 12.1 Å². The summed E-state index contributed by atoms with van der Waals surface area (Å²) < 4.78 is 0. The van der Waals surface area contributed by atoms with E-state index in [0.29, 0.717) is 22.9 Å². The molecule has 0 radical (unpaired) electrons. The van der Waals surface area contributed by atoms with Gasteiger partial charge in [0.2, 0.25) is 0 Å². The topological polar surface area (TPSA) is 94.8 Å². The van der Waals surface area contributed by atoms with Crippen LogP contribution in [0.2, 0.25) is 0 Å². The van der Waals surface area contributed by atoms with Gasteiger partial charge in [-0.25, -0.2) is 0 Å². The Morgan fingerprint density at radius 3 is 2.59 bits per heavy atom. The fourth-order valence-electron chi connectivity index (χ4n) is 3.58. The largest absolute Gasteiger partial charge is 0.360 e. The third kappa shape index (κ3) is 3.45. The first-order valence-electron chi connectivity index (χ1n) is 9.46. The first kappa shape index (κ1) is 18.7. The molecule has 0 bridgehead atoms. The summed E-state index contributed by atoms with van der Waals surface area (Å²) in [5.74, 6) is -1.28. The number of aromatic amines is 2. The van der Waals surface area contributed by atoms with E-state index in [2.05, 4.69) is 15.3 Å². The highest BCUT2D eigenvalue weighted by molar-refractivity contribution is 6.44. The molecule has 0 saturated carbocycles. The zero-order chi connectivity index (χ0) is 20.5. The van der Waals surface area contributed by atoms with Gasteiger partial charge in [0.05, 0.1) is 11.1 Å². The Kier molecular flexibility index (Phi) is 4.76. The molecule has 1 amide bonds. The van der Waals surface area contributed by atoms with Gasteiger partial charge in [0.25, 0.3) is 17.2 Å². The quantitative estimate of drug-likeness (QED) is 0.363. The average Bonchev–Trinajstić information content (AvgIpc) is 3.15. The van der Waals surface area contributed by atoms with Gasteiger partial charge in [-0.15, -0.1) is 0 Å². The molecule has 146 valence electrons. The summed E-state index contributed by atoms with van der Waals surface area (Å²) in [5, 5.41) is 4.33. The third-order valence-corrected chi connectivity index (χ3v) is 5.24. The van der Waals surface area contributed by atoms with Crippen LogP contribution in [0.3, 0.4) is 0 Å². The fourth-order valence-corrected chi connectivity index (χ4v) is 3.58. The second-order valence-electron chi connectivity index (χ2n) is 7.19. The molecule has 0 unspecified atom stereocenters. The maximum atomic E-state index is 12.5. The van der Waals surface area contributed by atoms with Crippen molar-refractivity contribution >= 4 is 33.5 Å². The first-order valence-corrected chi connectivity index (χ1v) is 9.46. The van der Waals surface area contributed by atoms with Crippen molar-refractivity contribution in [2.75, 3.05) is 6.54 Å². The monoisotopic (exact) mass is 387 g/mol. The van der Waals surface area contributed by atoms with E-state index in [0.717, 1.165) is 27.5 Å². The number of carbonyl (C=O) groups is 2. The van der Waals surface area contributed by atoms with Crippen LogP contribution in [0.5, 0.6) is 0 Å². The van der Waals surface area contributed by atoms with Crippen LogP contribution in [0.15, 0.2) is 53.5 Å². The minimum atomic E-state index is -0.681. The highest BCUT2D eigenvalue weighted by Crippen LogP contribution is 2.20. The van der Waals surface area contributed by atoms with Crippen LogP contribution in [-0.2, 0) is 11.2 Å². The molecule has 2 aromatic carbocycles. The van der Waals surface area contributed by atoms with Crippen molar-refractivity contribution in [2.45, 2.75) is 20.3 Å². The zero-order valence-corrected chi connectivity index (χ0v) is 16.3. The lowest BCUT2D eigenvalue weighted by Gasteiger charge is -2.09. The van der Waals surface area contributed by atoms with Crippen LogP contribution >= 0.6 is 0 Å². The number of benzene rings is 2. The van der Waals surface area contributed by atoms with Crippen molar-refractivity contribution < 1.29 is 9.59 Å². The molecule has 0 aliphatic heterocycles. The van der Waals surface area contributed by atoms with Gasteiger partial charge >= 0.3 is 0 Å². The number of aromatic nitrogens is 2. The predicted molar refractivity (Wildman–Crippen MR) is 113 cm³/mol. The number of H-pyrrole nitrogens is 2. The third-order valence-electron chi connectivity index (χ3n) is 5.24. The molecule has 0 saturated heterocycles. The Hall–Kier alpha value is -3.67. The van der Waals surface area contributed by atoms with Crippen LogP contribution in [0.4, 0.5) is 0 Å². The van der Waals surface area contributed by atoms with Gasteiger partial charge < -0.3 is 15.3 Å². The molecule has 3 N–H and O–H groups in total. The summed E-state index contributed by atoms with van der Waals surface area (Å²) in [6, 6.07) is 13.2. The number of pyridine rings is 1. The summed E-state index contributed by atoms with van der Waals surface area (Å²) in [5.41, 5.74) is 4.45. The van der Waals surface area contributed by atoms with E-state index < -0.39 is 11.7 Å². The molecule has 0 fully saturated rings. The SMILES string of the molecule is Cc1ccc(C)c2[nH]c(=O)c(CCNC(=O)C(=O)c3c[nH]c4ccccc34)cc12. The fraction of sp³-hybridized carbons (Fsp3) is 0.174.